The average Bonchev–Trinajstić information content (AvgIpc) is 3.17. The van der Waals surface area contributed by atoms with Gasteiger partial charge in [-0.15, -0.1) is 6.58 Å². The van der Waals surface area contributed by atoms with E-state index in [0.717, 1.165) is 42.4 Å². The summed E-state index contributed by atoms with van der Waals surface area (Å²) in [5.41, 5.74) is 3.42. The smallest absolute Gasteiger partial charge is 0.412 e. The number of rotatable bonds is 18. The number of unbranched alkanes of at least 4 members (excludes halogenated alkanes) is 2. The van der Waals surface area contributed by atoms with Gasteiger partial charge in [-0.3, -0.25) is 0 Å². The summed E-state index contributed by atoms with van der Waals surface area (Å²) in [5.74, 6) is -1.08. The second-order valence-corrected chi connectivity index (χ2v) is 13.7. The summed E-state index contributed by atoms with van der Waals surface area (Å²) >= 11 is 0. The van der Waals surface area contributed by atoms with Crippen molar-refractivity contribution in [2.24, 2.45) is 22.9 Å². The number of nitrogens with one attached hydrogen (secondary N) is 1. The zero-order chi connectivity index (χ0) is 37.8. The molecule has 1 aliphatic heterocycles. The largest absolute Gasteiger partial charge is 0.459 e. The zero-order valence-electron chi connectivity index (χ0n) is 31.2. The monoisotopic (exact) mass is 733 g/mol. The second-order valence-electron chi connectivity index (χ2n) is 13.7. The van der Waals surface area contributed by atoms with Crippen molar-refractivity contribution >= 4 is 17.9 Å². The number of aliphatic hydroxyl groups excluding tert-OH is 2. The molecule has 1 saturated carbocycles. The molecule has 0 saturated heterocycles. The number of hydrogen-bond donors (Lipinski definition) is 3. The first-order chi connectivity index (χ1) is 25.8. The number of oxime groups is 1. The molecule has 3 N–H and O–H groups in total. The standard InChI is InChI=1S/C41H55N3O9/c1-5-23-50-41-36(44(4)40(48)49-6-2)26-34(43-51-7-3)32-24-29(17-11-13-21-45)31(18-12-14-22-46)37(38(32)41)33-25-30(19-20-35(33)53-41)52-39(47)42-27-28-15-9-8-10-16-28/h5,8-10,15-16,19-20,24-25,29,31,36-38,45-46H,1,6-7,11-14,17-18,21-23,26-27H2,2-4H3,(H,42,47). The molecule has 2 amide bonds. The molecule has 6 atom stereocenters. The van der Waals surface area contributed by atoms with Crippen LogP contribution in [0.5, 0.6) is 11.5 Å². The molecule has 2 aromatic rings. The van der Waals surface area contributed by atoms with E-state index in [0.29, 0.717) is 43.2 Å². The van der Waals surface area contributed by atoms with Crippen molar-refractivity contribution in [3.05, 3.63) is 84.0 Å². The Balaban J connectivity index is 1.67. The van der Waals surface area contributed by atoms with Gasteiger partial charge in [-0.05, 0) is 80.7 Å². The molecule has 0 bridgehead atoms. The lowest BCUT2D eigenvalue weighted by molar-refractivity contribution is -0.253. The van der Waals surface area contributed by atoms with Crippen LogP contribution in [-0.4, -0.2) is 84.9 Å². The minimum atomic E-state index is -1.38. The van der Waals surface area contributed by atoms with Gasteiger partial charge in [0, 0.05) is 44.7 Å². The molecule has 0 spiro atoms. The number of nitrogens with zero attached hydrogens (tertiary/aromatic N) is 2. The number of allylic oxidation sites excluding steroid dienone is 1. The van der Waals surface area contributed by atoms with Crippen LogP contribution in [-0.2, 0) is 20.9 Å². The summed E-state index contributed by atoms with van der Waals surface area (Å²) in [6.07, 6.45) is 7.64. The number of benzene rings is 2. The van der Waals surface area contributed by atoms with Crippen LogP contribution >= 0.6 is 0 Å². The van der Waals surface area contributed by atoms with Gasteiger partial charge in [-0.2, -0.15) is 0 Å². The predicted octanol–water partition coefficient (Wildman–Crippen LogP) is 6.72. The topological polar surface area (TPSA) is 148 Å². The average molecular weight is 734 g/mol. The van der Waals surface area contributed by atoms with Crippen molar-refractivity contribution in [2.75, 3.05) is 40.1 Å². The van der Waals surface area contributed by atoms with Crippen molar-refractivity contribution in [1.82, 2.24) is 10.2 Å². The number of carbonyl (C=O) groups is 2. The van der Waals surface area contributed by atoms with E-state index in [2.05, 4.69) is 23.1 Å². The summed E-state index contributed by atoms with van der Waals surface area (Å²) in [6.45, 7) is 8.77. The van der Waals surface area contributed by atoms with Gasteiger partial charge in [0.05, 0.1) is 24.8 Å². The van der Waals surface area contributed by atoms with Crippen LogP contribution in [0.4, 0.5) is 9.59 Å². The lowest BCUT2D eigenvalue weighted by Crippen LogP contribution is -2.69. The van der Waals surface area contributed by atoms with Crippen molar-refractivity contribution < 1.29 is 43.6 Å². The molecular formula is C41H55N3O9. The third-order valence-corrected chi connectivity index (χ3v) is 10.5. The molecule has 5 rings (SSSR count). The maximum atomic E-state index is 13.5. The SMILES string of the molecule is C=CCOC12Oc3ccc(OC(=O)NCc4ccccc4)cc3C3C(CCCCO)C(CCCCO)C=C(C(=NOCC)CC1N(C)C(=O)OCC)C32. The highest BCUT2D eigenvalue weighted by Gasteiger charge is 2.65. The first kappa shape index (κ1) is 39.8. The molecule has 2 aromatic carbocycles. The highest BCUT2D eigenvalue weighted by Crippen LogP contribution is 2.61. The fourth-order valence-electron chi connectivity index (χ4n) is 8.20. The molecule has 12 heteroatoms. The van der Waals surface area contributed by atoms with E-state index in [-0.39, 0.29) is 50.6 Å². The number of likely N-dealkylation sites (N-methyl/N-ethyl adjacent to an activating group) is 1. The summed E-state index contributed by atoms with van der Waals surface area (Å²) in [5, 5.41) is 27.0. The van der Waals surface area contributed by atoms with Gasteiger partial charge in [0.25, 0.3) is 0 Å². The molecule has 1 fully saturated rings. The van der Waals surface area contributed by atoms with Gasteiger partial charge in [-0.25, -0.2) is 9.59 Å². The van der Waals surface area contributed by atoms with E-state index in [1.165, 1.54) is 4.90 Å². The first-order valence-electron chi connectivity index (χ1n) is 18.9. The summed E-state index contributed by atoms with van der Waals surface area (Å²) in [4.78, 5) is 33.8. The number of amides is 2. The van der Waals surface area contributed by atoms with Crippen LogP contribution in [0.2, 0.25) is 0 Å². The van der Waals surface area contributed by atoms with E-state index >= 15 is 0 Å². The van der Waals surface area contributed by atoms with Gasteiger partial charge in [0.2, 0.25) is 5.79 Å². The minimum absolute atomic E-state index is 0.0329. The van der Waals surface area contributed by atoms with Crippen LogP contribution in [0.3, 0.4) is 0 Å². The third-order valence-electron chi connectivity index (χ3n) is 10.5. The van der Waals surface area contributed by atoms with Crippen LogP contribution in [0.15, 0.2) is 78.0 Å². The highest BCUT2D eigenvalue weighted by atomic mass is 16.7. The normalized spacial score (nSPS) is 24.9. The Morgan fingerprint density at radius 3 is 2.51 bits per heavy atom. The molecule has 53 heavy (non-hydrogen) atoms. The fourth-order valence-corrected chi connectivity index (χ4v) is 8.20. The lowest BCUT2D eigenvalue weighted by Gasteiger charge is -2.59. The molecule has 0 radical (unpaired) electrons. The second kappa shape index (κ2) is 19.1. The molecule has 12 nitrogen and oxygen atoms in total. The van der Waals surface area contributed by atoms with E-state index in [9.17, 15) is 19.8 Å². The number of carbonyl (C=O) groups excluding carboxylic acids is 2. The van der Waals surface area contributed by atoms with Crippen LogP contribution in [0.25, 0.3) is 0 Å². The molecule has 1 heterocycles. The third kappa shape index (κ3) is 9.05. The Hall–Kier alpha value is -4.39. The summed E-state index contributed by atoms with van der Waals surface area (Å²) in [7, 11) is 1.69. The predicted molar refractivity (Wildman–Crippen MR) is 201 cm³/mol. The van der Waals surface area contributed by atoms with Crippen molar-refractivity contribution in [3.8, 4) is 11.5 Å². The van der Waals surface area contributed by atoms with E-state index in [1.54, 1.807) is 32.2 Å². The Kier molecular flexibility index (Phi) is 14.3. The van der Waals surface area contributed by atoms with Gasteiger partial charge in [0.15, 0.2) is 0 Å². The maximum Gasteiger partial charge on any atom is 0.412 e. The number of aliphatic hydroxyl groups is 2. The van der Waals surface area contributed by atoms with Crippen molar-refractivity contribution in [2.45, 2.75) is 83.1 Å². The quantitative estimate of drug-likeness (QED) is 0.0863. The molecule has 0 aromatic heterocycles. The summed E-state index contributed by atoms with van der Waals surface area (Å²) < 4.78 is 25.2. The van der Waals surface area contributed by atoms with Crippen LogP contribution < -0.4 is 14.8 Å². The van der Waals surface area contributed by atoms with Gasteiger partial charge in [-0.1, -0.05) is 60.5 Å². The Morgan fingerprint density at radius 1 is 1.06 bits per heavy atom. The summed E-state index contributed by atoms with van der Waals surface area (Å²) in [6, 6.07) is 14.3. The molecule has 3 aliphatic rings. The van der Waals surface area contributed by atoms with Gasteiger partial charge < -0.3 is 44.2 Å². The number of ether oxygens (including phenoxy) is 4. The van der Waals surface area contributed by atoms with E-state index in [1.807, 2.05) is 43.3 Å². The van der Waals surface area contributed by atoms with Crippen LogP contribution in [0.1, 0.15) is 75.8 Å². The van der Waals surface area contributed by atoms with Crippen molar-refractivity contribution in [1.29, 1.82) is 0 Å². The maximum absolute atomic E-state index is 13.5. The highest BCUT2D eigenvalue weighted by molar-refractivity contribution is 6.02. The van der Waals surface area contributed by atoms with Crippen molar-refractivity contribution in [3.63, 3.8) is 0 Å². The minimum Gasteiger partial charge on any atom is -0.459 e. The Bertz CT molecular complexity index is 1600. The number of fused-ring (bicyclic) bond motifs is 2. The van der Waals surface area contributed by atoms with Crippen LogP contribution in [0, 0.1) is 17.8 Å². The zero-order valence-corrected chi connectivity index (χ0v) is 31.2. The van der Waals surface area contributed by atoms with Gasteiger partial charge in [0.1, 0.15) is 24.1 Å². The van der Waals surface area contributed by atoms with Gasteiger partial charge >= 0.3 is 12.2 Å². The lowest BCUT2D eigenvalue weighted by atomic mass is 9.55. The molecule has 6 unspecified atom stereocenters. The molecule has 2 aliphatic carbocycles. The Labute approximate surface area is 312 Å². The van der Waals surface area contributed by atoms with E-state index in [4.69, 9.17) is 23.8 Å². The van der Waals surface area contributed by atoms with E-state index < -0.39 is 29.9 Å². The fraction of sp³-hybridized carbons (Fsp3) is 0.537. The molecular weight excluding hydrogens is 678 g/mol. The first-order valence-corrected chi connectivity index (χ1v) is 18.9. The molecule has 288 valence electrons. The number of hydrogen-bond acceptors (Lipinski definition) is 10. The Morgan fingerprint density at radius 2 is 1.81 bits per heavy atom.